The highest BCUT2D eigenvalue weighted by Gasteiger charge is 2.15. The number of nitrogens with zero attached hydrogens (tertiary/aromatic N) is 4. The molecule has 1 unspecified atom stereocenters. The summed E-state index contributed by atoms with van der Waals surface area (Å²) in [7, 11) is -2.08. The van der Waals surface area contributed by atoms with Gasteiger partial charge in [-0.15, -0.1) is 0 Å². The fourth-order valence-corrected chi connectivity index (χ4v) is 3.19. The molecule has 3 aromatic rings. The Morgan fingerprint density at radius 1 is 1.25 bits per heavy atom. The van der Waals surface area contributed by atoms with Gasteiger partial charge >= 0.3 is 0 Å². The number of benzene rings is 1. The van der Waals surface area contributed by atoms with Crippen molar-refractivity contribution in [3.8, 4) is 0 Å². The molecular weight excluding hydrogens is 328 g/mol. The second-order valence-electron chi connectivity index (χ2n) is 5.40. The average Bonchev–Trinajstić information content (AvgIpc) is 3.03. The van der Waals surface area contributed by atoms with Gasteiger partial charge in [0.25, 0.3) is 5.78 Å². The van der Waals surface area contributed by atoms with Crippen LogP contribution in [0.5, 0.6) is 0 Å². The molecule has 2 aromatic heterocycles. The maximum atomic E-state index is 12.0. The van der Waals surface area contributed by atoms with Gasteiger partial charge in [-0.2, -0.15) is 14.6 Å². The Morgan fingerprint density at radius 2 is 2.04 bits per heavy atom. The zero-order valence-corrected chi connectivity index (χ0v) is 14.4. The number of aryl methyl sites for hydroxylation is 1. The van der Waals surface area contributed by atoms with Crippen molar-refractivity contribution in [2.75, 3.05) is 12.4 Å². The van der Waals surface area contributed by atoms with Gasteiger partial charge in [0.1, 0.15) is 12.1 Å². The second-order valence-corrected chi connectivity index (χ2v) is 7.29. The molecule has 0 saturated carbocycles. The summed E-state index contributed by atoms with van der Waals surface area (Å²) in [5.41, 5.74) is 1.66. The van der Waals surface area contributed by atoms with Gasteiger partial charge in [-0.25, -0.2) is 18.1 Å². The van der Waals surface area contributed by atoms with E-state index >= 15 is 0 Å². The lowest BCUT2D eigenvalue weighted by Crippen LogP contribution is -2.19. The first-order valence-electron chi connectivity index (χ1n) is 7.38. The standard InChI is InChI=1S/C15H18N6O2S/c1-10-7-14(21-15(19-10)17-9-18-21)20-11(2)12-5-4-6-13(8-12)24(22,23)16-3/h4-9,11,16,20H,1-3H3. The summed E-state index contributed by atoms with van der Waals surface area (Å²) in [6.07, 6.45) is 1.44. The third-order valence-corrected chi connectivity index (χ3v) is 5.09. The van der Waals surface area contributed by atoms with E-state index in [0.29, 0.717) is 5.78 Å². The van der Waals surface area contributed by atoms with E-state index in [1.807, 2.05) is 26.0 Å². The normalized spacial score (nSPS) is 13.1. The minimum Gasteiger partial charge on any atom is -0.363 e. The molecular formula is C15H18N6O2S. The van der Waals surface area contributed by atoms with E-state index < -0.39 is 10.0 Å². The van der Waals surface area contributed by atoms with Gasteiger partial charge in [0.05, 0.1) is 4.90 Å². The fraction of sp³-hybridized carbons (Fsp3) is 0.267. The van der Waals surface area contributed by atoms with Crippen molar-refractivity contribution in [1.82, 2.24) is 24.3 Å². The van der Waals surface area contributed by atoms with Crippen molar-refractivity contribution < 1.29 is 8.42 Å². The molecule has 126 valence electrons. The summed E-state index contributed by atoms with van der Waals surface area (Å²) in [4.78, 5) is 8.62. The van der Waals surface area contributed by atoms with Crippen molar-refractivity contribution in [2.24, 2.45) is 0 Å². The minimum absolute atomic E-state index is 0.133. The molecule has 0 aliphatic heterocycles. The molecule has 0 fully saturated rings. The largest absolute Gasteiger partial charge is 0.363 e. The van der Waals surface area contributed by atoms with Crippen LogP contribution in [-0.4, -0.2) is 35.0 Å². The summed E-state index contributed by atoms with van der Waals surface area (Å²) in [6.45, 7) is 3.83. The van der Waals surface area contributed by atoms with E-state index in [0.717, 1.165) is 17.1 Å². The van der Waals surface area contributed by atoms with E-state index in [9.17, 15) is 8.42 Å². The molecule has 8 nitrogen and oxygen atoms in total. The zero-order valence-electron chi connectivity index (χ0n) is 13.6. The van der Waals surface area contributed by atoms with E-state index in [-0.39, 0.29) is 10.9 Å². The van der Waals surface area contributed by atoms with Crippen LogP contribution in [0.25, 0.3) is 5.78 Å². The van der Waals surface area contributed by atoms with Crippen molar-refractivity contribution in [3.63, 3.8) is 0 Å². The lowest BCUT2D eigenvalue weighted by Gasteiger charge is -2.17. The third-order valence-electron chi connectivity index (χ3n) is 3.68. The van der Waals surface area contributed by atoms with Crippen LogP contribution in [-0.2, 0) is 10.0 Å². The summed E-state index contributed by atoms with van der Waals surface area (Å²) in [5, 5.41) is 7.48. The molecule has 0 amide bonds. The zero-order chi connectivity index (χ0) is 17.3. The van der Waals surface area contributed by atoms with Gasteiger partial charge in [-0.05, 0) is 38.6 Å². The van der Waals surface area contributed by atoms with Crippen LogP contribution >= 0.6 is 0 Å². The maximum absolute atomic E-state index is 12.0. The third kappa shape index (κ3) is 3.08. The topological polar surface area (TPSA) is 101 Å². The quantitative estimate of drug-likeness (QED) is 0.726. The first kappa shape index (κ1) is 16.3. The van der Waals surface area contributed by atoms with Gasteiger partial charge in [0.15, 0.2) is 0 Å². The predicted molar refractivity (Wildman–Crippen MR) is 90.2 cm³/mol. The summed E-state index contributed by atoms with van der Waals surface area (Å²) < 4.78 is 27.8. The molecule has 0 aliphatic carbocycles. The number of fused-ring (bicyclic) bond motifs is 1. The Balaban J connectivity index is 1.94. The molecule has 2 heterocycles. The average molecular weight is 346 g/mol. The molecule has 24 heavy (non-hydrogen) atoms. The number of sulfonamides is 1. The number of nitrogens with one attached hydrogen (secondary N) is 2. The molecule has 0 bridgehead atoms. The van der Waals surface area contributed by atoms with E-state index in [1.54, 1.807) is 22.7 Å². The van der Waals surface area contributed by atoms with Gasteiger partial charge in [-0.3, -0.25) is 0 Å². The van der Waals surface area contributed by atoms with Gasteiger partial charge in [-0.1, -0.05) is 12.1 Å². The number of rotatable bonds is 5. The highest BCUT2D eigenvalue weighted by Crippen LogP contribution is 2.22. The van der Waals surface area contributed by atoms with Crippen molar-refractivity contribution in [3.05, 3.63) is 47.9 Å². The number of anilines is 1. The molecule has 0 radical (unpaired) electrons. The van der Waals surface area contributed by atoms with Crippen LogP contribution in [0.15, 0.2) is 41.6 Å². The molecule has 0 saturated heterocycles. The summed E-state index contributed by atoms with van der Waals surface area (Å²) >= 11 is 0. The number of hydrogen-bond donors (Lipinski definition) is 2. The SMILES string of the molecule is CNS(=O)(=O)c1cccc(C(C)Nc2cc(C)nc3ncnn23)c1. The first-order valence-corrected chi connectivity index (χ1v) is 8.86. The van der Waals surface area contributed by atoms with Crippen LogP contribution in [0.3, 0.4) is 0 Å². The lowest BCUT2D eigenvalue weighted by atomic mass is 10.1. The van der Waals surface area contributed by atoms with E-state index in [1.165, 1.54) is 13.4 Å². The van der Waals surface area contributed by atoms with Crippen molar-refractivity contribution in [1.29, 1.82) is 0 Å². The monoisotopic (exact) mass is 346 g/mol. The Labute approximate surface area is 140 Å². The molecule has 0 spiro atoms. The van der Waals surface area contributed by atoms with Crippen LogP contribution in [0.1, 0.15) is 24.2 Å². The first-order chi connectivity index (χ1) is 11.4. The van der Waals surface area contributed by atoms with Crippen LogP contribution in [0.2, 0.25) is 0 Å². The molecule has 3 rings (SSSR count). The fourth-order valence-electron chi connectivity index (χ4n) is 2.41. The second kappa shape index (κ2) is 6.17. The number of hydrogen-bond acceptors (Lipinski definition) is 6. The molecule has 2 N–H and O–H groups in total. The lowest BCUT2D eigenvalue weighted by molar-refractivity contribution is 0.588. The van der Waals surface area contributed by atoms with Crippen LogP contribution in [0.4, 0.5) is 5.82 Å². The van der Waals surface area contributed by atoms with Gasteiger partial charge < -0.3 is 5.32 Å². The van der Waals surface area contributed by atoms with Gasteiger partial charge in [0, 0.05) is 17.8 Å². The van der Waals surface area contributed by atoms with Crippen LogP contribution in [0, 0.1) is 6.92 Å². The van der Waals surface area contributed by atoms with E-state index in [2.05, 4.69) is 25.1 Å². The highest BCUT2D eigenvalue weighted by molar-refractivity contribution is 7.89. The molecule has 9 heteroatoms. The Hall–Kier alpha value is -2.52. The summed E-state index contributed by atoms with van der Waals surface area (Å²) in [6, 6.07) is 8.54. The van der Waals surface area contributed by atoms with Crippen molar-refractivity contribution >= 4 is 21.6 Å². The number of aromatic nitrogens is 4. The Bertz CT molecular complexity index is 983. The molecule has 1 atom stereocenters. The Morgan fingerprint density at radius 3 is 2.79 bits per heavy atom. The Kier molecular flexibility index (Phi) is 4.20. The highest BCUT2D eigenvalue weighted by atomic mass is 32.2. The van der Waals surface area contributed by atoms with Gasteiger partial charge in [0.2, 0.25) is 10.0 Å². The maximum Gasteiger partial charge on any atom is 0.254 e. The van der Waals surface area contributed by atoms with Crippen molar-refractivity contribution in [2.45, 2.75) is 24.8 Å². The molecule has 0 aliphatic rings. The van der Waals surface area contributed by atoms with E-state index in [4.69, 9.17) is 0 Å². The molecule has 1 aromatic carbocycles. The van der Waals surface area contributed by atoms with Crippen LogP contribution < -0.4 is 10.0 Å². The predicted octanol–water partition coefficient (Wildman–Crippen LogP) is 1.51. The summed E-state index contributed by atoms with van der Waals surface area (Å²) in [5.74, 6) is 1.25. The smallest absolute Gasteiger partial charge is 0.254 e. The minimum atomic E-state index is -3.47.